The summed E-state index contributed by atoms with van der Waals surface area (Å²) in [7, 11) is -1.78. The van der Waals surface area contributed by atoms with Crippen molar-refractivity contribution in [2.45, 2.75) is 32.2 Å². The molecule has 1 saturated heterocycles. The topological polar surface area (TPSA) is 77.1 Å². The van der Waals surface area contributed by atoms with E-state index >= 15 is 0 Å². The van der Waals surface area contributed by atoms with Gasteiger partial charge in [0.25, 0.3) is 5.91 Å². The molecule has 0 bridgehead atoms. The number of hydrogen-bond acceptors (Lipinski definition) is 6. The summed E-state index contributed by atoms with van der Waals surface area (Å²) in [4.78, 5) is 17.9. The van der Waals surface area contributed by atoms with Gasteiger partial charge in [0.2, 0.25) is 0 Å². The van der Waals surface area contributed by atoms with Crippen molar-refractivity contribution in [3.63, 3.8) is 0 Å². The highest BCUT2D eigenvalue weighted by Crippen LogP contribution is 2.57. The molecule has 1 fully saturated rings. The van der Waals surface area contributed by atoms with Crippen molar-refractivity contribution in [2.24, 2.45) is 0 Å². The summed E-state index contributed by atoms with van der Waals surface area (Å²) >= 11 is 5.90. The van der Waals surface area contributed by atoms with E-state index in [1.165, 1.54) is 5.06 Å². The molecule has 24 heavy (non-hydrogen) atoms. The highest BCUT2D eigenvalue weighted by Gasteiger charge is 2.48. The van der Waals surface area contributed by atoms with E-state index in [2.05, 4.69) is 5.32 Å². The van der Waals surface area contributed by atoms with E-state index in [4.69, 9.17) is 25.5 Å². The van der Waals surface area contributed by atoms with Crippen molar-refractivity contribution in [1.29, 1.82) is 0 Å². The summed E-state index contributed by atoms with van der Waals surface area (Å²) in [5.74, 6) is -0.973. The fourth-order valence-electron chi connectivity index (χ4n) is 2.50. The first-order chi connectivity index (χ1) is 11.4. The SMILES string of the molecule is CCOP(=O)(OCC)[C@@H]1C[C@H](C(=O)Nc2cccc(Cl)c2)ON1C. The van der Waals surface area contributed by atoms with Gasteiger partial charge < -0.3 is 14.4 Å². The molecule has 0 aliphatic carbocycles. The molecule has 0 aromatic heterocycles. The van der Waals surface area contributed by atoms with Gasteiger partial charge in [-0.1, -0.05) is 17.7 Å². The Kier molecular flexibility index (Phi) is 6.80. The van der Waals surface area contributed by atoms with Gasteiger partial charge in [-0.05, 0) is 32.0 Å². The fraction of sp³-hybridized carbons (Fsp3) is 0.533. The molecule has 1 N–H and O–H groups in total. The van der Waals surface area contributed by atoms with Crippen LogP contribution in [0.2, 0.25) is 5.02 Å². The lowest BCUT2D eigenvalue weighted by molar-refractivity contribution is -0.155. The van der Waals surface area contributed by atoms with E-state index in [1.807, 2.05) is 0 Å². The van der Waals surface area contributed by atoms with Crippen LogP contribution in [0.25, 0.3) is 0 Å². The Balaban J connectivity index is 2.06. The number of rotatable bonds is 7. The van der Waals surface area contributed by atoms with Gasteiger partial charge in [-0.3, -0.25) is 14.2 Å². The molecule has 1 aromatic carbocycles. The number of carbonyl (C=O) groups is 1. The molecule has 0 unspecified atom stereocenters. The van der Waals surface area contributed by atoms with Gasteiger partial charge in [0.15, 0.2) is 6.10 Å². The zero-order valence-corrected chi connectivity index (χ0v) is 15.5. The zero-order chi connectivity index (χ0) is 17.7. The lowest BCUT2D eigenvalue weighted by Crippen LogP contribution is -2.28. The number of halogens is 1. The van der Waals surface area contributed by atoms with Crippen LogP contribution < -0.4 is 5.32 Å². The Labute approximate surface area is 146 Å². The first-order valence-electron chi connectivity index (χ1n) is 7.74. The maximum absolute atomic E-state index is 12.9. The highest BCUT2D eigenvalue weighted by molar-refractivity contribution is 7.54. The van der Waals surface area contributed by atoms with Crippen molar-refractivity contribution in [1.82, 2.24) is 5.06 Å². The molecule has 1 aliphatic heterocycles. The summed E-state index contributed by atoms with van der Waals surface area (Å²) in [5.41, 5.74) is 0.569. The third kappa shape index (κ3) is 4.57. The summed E-state index contributed by atoms with van der Waals surface area (Å²) in [6, 6.07) is 6.82. The maximum atomic E-state index is 12.9. The van der Waals surface area contributed by atoms with Gasteiger partial charge >= 0.3 is 7.60 Å². The zero-order valence-electron chi connectivity index (χ0n) is 13.9. The van der Waals surface area contributed by atoms with Crippen LogP contribution >= 0.6 is 19.2 Å². The van der Waals surface area contributed by atoms with Gasteiger partial charge in [-0.15, -0.1) is 0 Å². The molecule has 1 heterocycles. The summed E-state index contributed by atoms with van der Waals surface area (Å²) in [6.07, 6.45) is -0.576. The molecule has 7 nitrogen and oxygen atoms in total. The minimum atomic E-state index is -3.39. The normalized spacial score (nSPS) is 21.8. The van der Waals surface area contributed by atoms with E-state index in [9.17, 15) is 9.36 Å². The van der Waals surface area contributed by atoms with Crippen LogP contribution in [-0.4, -0.2) is 43.1 Å². The second-order valence-electron chi connectivity index (χ2n) is 5.23. The van der Waals surface area contributed by atoms with Crippen molar-refractivity contribution in [3.05, 3.63) is 29.3 Å². The Morgan fingerprint density at radius 1 is 1.42 bits per heavy atom. The minimum absolute atomic E-state index is 0.209. The average molecular weight is 377 g/mol. The number of benzene rings is 1. The summed E-state index contributed by atoms with van der Waals surface area (Å²) in [5, 5.41) is 4.64. The molecule has 0 radical (unpaired) electrons. The first-order valence-corrected chi connectivity index (χ1v) is 9.73. The molecular weight excluding hydrogens is 355 g/mol. The van der Waals surface area contributed by atoms with E-state index in [0.717, 1.165) is 0 Å². The van der Waals surface area contributed by atoms with Crippen LogP contribution in [0.15, 0.2) is 24.3 Å². The number of hydrogen-bond donors (Lipinski definition) is 1. The van der Waals surface area contributed by atoms with Gasteiger partial charge in [0, 0.05) is 24.2 Å². The smallest absolute Gasteiger partial charge is 0.324 e. The molecule has 0 saturated carbocycles. The van der Waals surface area contributed by atoms with Gasteiger partial charge in [0.1, 0.15) is 5.78 Å². The Morgan fingerprint density at radius 3 is 2.67 bits per heavy atom. The Bertz CT molecular complexity index is 620. The number of carbonyl (C=O) groups excluding carboxylic acids is 1. The first kappa shape index (κ1) is 19.4. The molecule has 0 spiro atoms. The summed E-state index contributed by atoms with van der Waals surface area (Å²) < 4.78 is 23.6. The van der Waals surface area contributed by atoms with Crippen molar-refractivity contribution < 1.29 is 23.2 Å². The Morgan fingerprint density at radius 2 is 2.08 bits per heavy atom. The van der Waals surface area contributed by atoms with Gasteiger partial charge in [-0.25, -0.2) is 0 Å². The molecule has 134 valence electrons. The second kappa shape index (κ2) is 8.43. The second-order valence-corrected chi connectivity index (χ2v) is 7.86. The lowest BCUT2D eigenvalue weighted by Gasteiger charge is -2.25. The molecular formula is C15H22ClN2O5P. The third-order valence-corrected chi connectivity index (χ3v) is 6.24. The van der Waals surface area contributed by atoms with Crippen LogP contribution in [0, 0.1) is 0 Å². The van der Waals surface area contributed by atoms with Crippen molar-refractivity contribution in [3.8, 4) is 0 Å². The van der Waals surface area contributed by atoms with E-state index in [0.29, 0.717) is 10.7 Å². The molecule has 1 aromatic rings. The predicted molar refractivity (Wildman–Crippen MR) is 92.0 cm³/mol. The quantitative estimate of drug-likeness (QED) is 0.734. The molecule has 2 rings (SSSR count). The number of nitrogens with one attached hydrogen (secondary N) is 1. The summed E-state index contributed by atoms with van der Waals surface area (Å²) in [6.45, 7) is 3.98. The maximum Gasteiger partial charge on any atom is 0.350 e. The van der Waals surface area contributed by atoms with Crippen LogP contribution in [0.3, 0.4) is 0 Å². The van der Waals surface area contributed by atoms with Gasteiger partial charge in [-0.2, -0.15) is 5.06 Å². The van der Waals surface area contributed by atoms with Crippen LogP contribution in [-0.2, 0) is 23.2 Å². The third-order valence-electron chi connectivity index (χ3n) is 3.51. The number of hydroxylamine groups is 2. The average Bonchev–Trinajstić information content (AvgIpc) is 2.90. The number of anilines is 1. The molecule has 1 aliphatic rings. The van der Waals surface area contributed by atoms with Crippen LogP contribution in [0.5, 0.6) is 0 Å². The largest absolute Gasteiger partial charge is 0.350 e. The fourth-order valence-corrected chi connectivity index (χ4v) is 4.73. The van der Waals surface area contributed by atoms with E-state index in [1.54, 1.807) is 45.2 Å². The van der Waals surface area contributed by atoms with Gasteiger partial charge in [0.05, 0.1) is 13.2 Å². The van der Waals surface area contributed by atoms with Crippen molar-refractivity contribution in [2.75, 3.05) is 25.6 Å². The monoisotopic (exact) mass is 376 g/mol. The molecule has 2 atom stereocenters. The number of nitrogens with zero attached hydrogens (tertiary/aromatic N) is 1. The Hall–Kier alpha value is -0.950. The predicted octanol–water partition coefficient (Wildman–Crippen LogP) is 3.51. The standard InChI is InChI=1S/C15H22ClN2O5P/c1-4-21-24(20,22-5-2)14-10-13(23-18(14)3)15(19)17-12-8-6-7-11(16)9-12/h6-9,13-14H,4-5,10H2,1-3H3,(H,17,19)/t13-,14-/m1/s1. The molecule has 9 heteroatoms. The van der Waals surface area contributed by atoms with Crippen molar-refractivity contribution >= 4 is 30.8 Å². The van der Waals surface area contributed by atoms with E-state index < -0.39 is 19.5 Å². The van der Waals surface area contributed by atoms with Crippen LogP contribution in [0.1, 0.15) is 20.3 Å². The van der Waals surface area contributed by atoms with Crippen LogP contribution in [0.4, 0.5) is 5.69 Å². The minimum Gasteiger partial charge on any atom is -0.324 e. The number of amides is 1. The molecule has 1 amide bonds. The highest BCUT2D eigenvalue weighted by atomic mass is 35.5. The van der Waals surface area contributed by atoms with E-state index in [-0.39, 0.29) is 25.5 Å². The lowest BCUT2D eigenvalue weighted by atomic mass is 10.2.